The fourth-order valence-corrected chi connectivity index (χ4v) is 1.92. The molecule has 0 bridgehead atoms. The molecule has 0 saturated carbocycles. The maximum atomic E-state index is 11.7. The normalized spacial score (nSPS) is 19.3. The van der Waals surface area contributed by atoms with Crippen molar-refractivity contribution in [3.8, 4) is 0 Å². The molecule has 1 aromatic rings. The smallest absolute Gasteiger partial charge is 0.407 e. The van der Waals surface area contributed by atoms with Crippen LogP contribution in [-0.2, 0) is 4.74 Å². The molecule has 19 heavy (non-hydrogen) atoms. The van der Waals surface area contributed by atoms with Gasteiger partial charge in [0, 0.05) is 14.5 Å². The van der Waals surface area contributed by atoms with Gasteiger partial charge in [0.05, 0.1) is 18.4 Å². The summed E-state index contributed by atoms with van der Waals surface area (Å²) in [5, 5.41) is 10.6. The minimum Gasteiger partial charge on any atom is -0.444 e. The molecule has 0 spiro atoms. The number of aromatic nitrogens is 3. The number of hydrogen-bond acceptors (Lipinski definition) is 6. The number of rotatable bonds is 2. The van der Waals surface area contributed by atoms with Crippen LogP contribution in [0.4, 0.5) is 10.7 Å². The van der Waals surface area contributed by atoms with E-state index in [1.54, 1.807) is 6.20 Å². The average Bonchev–Trinajstić information content (AvgIpc) is 2.76. The van der Waals surface area contributed by atoms with Crippen LogP contribution in [0.2, 0.25) is 0 Å². The van der Waals surface area contributed by atoms with Gasteiger partial charge in [-0.25, -0.2) is 9.78 Å². The van der Waals surface area contributed by atoms with Crippen LogP contribution in [0.1, 0.15) is 28.6 Å². The molecule has 7 nitrogen and oxygen atoms in total. The third kappa shape index (κ3) is 4.04. The Morgan fingerprint density at radius 3 is 2.95 bits per heavy atom. The molecule has 0 radical (unpaired) electrons. The summed E-state index contributed by atoms with van der Waals surface area (Å²) in [6.45, 7) is 7.00. The molecule has 1 N–H and O–H groups in total. The predicted octanol–water partition coefficient (Wildman–Crippen LogP) is 1.22. The van der Waals surface area contributed by atoms with Crippen LogP contribution in [0.5, 0.6) is 0 Å². The Morgan fingerprint density at radius 2 is 2.32 bits per heavy atom. The highest BCUT2D eigenvalue weighted by Gasteiger charge is 2.27. The van der Waals surface area contributed by atoms with E-state index >= 15 is 0 Å². The molecule has 7 heteroatoms. The summed E-state index contributed by atoms with van der Waals surface area (Å²) in [5.74, 6) is 0.594. The lowest BCUT2D eigenvalue weighted by Gasteiger charge is -2.21. The van der Waals surface area contributed by atoms with E-state index in [4.69, 9.17) is 4.74 Å². The van der Waals surface area contributed by atoms with Crippen molar-refractivity contribution < 1.29 is 11.0 Å². The van der Waals surface area contributed by atoms with Crippen molar-refractivity contribution >= 4 is 12.0 Å². The van der Waals surface area contributed by atoms with Crippen LogP contribution < -0.4 is 10.2 Å². The largest absolute Gasteiger partial charge is 0.444 e. The van der Waals surface area contributed by atoms with E-state index in [1.807, 2.05) is 25.7 Å². The van der Waals surface area contributed by atoms with Crippen molar-refractivity contribution in [1.29, 1.82) is 0 Å². The van der Waals surface area contributed by atoms with Crippen molar-refractivity contribution in [1.82, 2.24) is 20.5 Å². The highest BCUT2D eigenvalue weighted by molar-refractivity contribution is 5.68. The zero-order valence-electron chi connectivity index (χ0n) is 11.5. The Morgan fingerprint density at radius 1 is 1.53 bits per heavy atom. The predicted molar refractivity (Wildman–Crippen MR) is 71.9 cm³/mol. The Labute approximate surface area is 113 Å². The second-order valence-corrected chi connectivity index (χ2v) is 5.52. The van der Waals surface area contributed by atoms with Crippen molar-refractivity contribution in [2.45, 2.75) is 38.8 Å². The first-order chi connectivity index (χ1) is 8.94. The van der Waals surface area contributed by atoms with Crippen LogP contribution in [0.15, 0.2) is 12.4 Å². The van der Waals surface area contributed by atoms with E-state index in [9.17, 15) is 4.79 Å². The number of nitrogens with one attached hydrogen (secondary N) is 1. The molecule has 0 unspecified atom stereocenters. The summed E-state index contributed by atoms with van der Waals surface area (Å²) >= 11 is 0. The number of ether oxygens (including phenoxy) is 1. The van der Waals surface area contributed by atoms with Crippen LogP contribution in [0.25, 0.3) is 0 Å². The summed E-state index contributed by atoms with van der Waals surface area (Å²) < 4.78 is 5.23. The lowest BCUT2D eigenvalue weighted by molar-refractivity contribution is 0.0509. The van der Waals surface area contributed by atoms with Crippen molar-refractivity contribution in [3.63, 3.8) is 0 Å². The van der Waals surface area contributed by atoms with Gasteiger partial charge in [-0.15, -0.1) is 5.10 Å². The molecule has 1 aliphatic heterocycles. The Hall–Kier alpha value is -1.92. The van der Waals surface area contributed by atoms with Gasteiger partial charge < -0.3 is 15.0 Å². The third-order valence-corrected chi connectivity index (χ3v) is 2.66. The molecule has 1 amide bonds. The molecular formula is C12H21N5O2. The third-order valence-electron chi connectivity index (χ3n) is 2.66. The highest BCUT2D eigenvalue weighted by atomic mass is 16.6. The Bertz CT molecular complexity index is 437. The number of anilines is 1. The lowest BCUT2D eigenvalue weighted by atomic mass is 10.2. The second kappa shape index (κ2) is 5.38. The van der Waals surface area contributed by atoms with E-state index in [2.05, 4.69) is 20.5 Å². The monoisotopic (exact) mass is 267 g/mol. The van der Waals surface area contributed by atoms with Crippen molar-refractivity contribution in [2.24, 2.45) is 0 Å². The minimum absolute atomic E-state index is 0. The first-order valence-electron chi connectivity index (χ1n) is 6.32. The van der Waals surface area contributed by atoms with Crippen molar-refractivity contribution in [2.75, 3.05) is 18.0 Å². The fraction of sp³-hybridized carbons (Fsp3) is 0.667. The lowest BCUT2D eigenvalue weighted by Crippen LogP contribution is -2.40. The number of hydrogen-bond donors (Lipinski definition) is 1. The van der Waals surface area contributed by atoms with Gasteiger partial charge in [-0.3, -0.25) is 0 Å². The molecular weight excluding hydrogens is 246 g/mol. The van der Waals surface area contributed by atoms with E-state index < -0.39 is 5.60 Å². The van der Waals surface area contributed by atoms with Crippen LogP contribution >= 0.6 is 0 Å². The first-order valence-corrected chi connectivity index (χ1v) is 6.32. The molecule has 1 fully saturated rings. The number of carbonyl (C=O) groups excluding carboxylic acids is 1. The summed E-state index contributed by atoms with van der Waals surface area (Å²) in [7, 11) is 0. The second-order valence-electron chi connectivity index (χ2n) is 5.52. The molecule has 0 aromatic carbocycles. The van der Waals surface area contributed by atoms with Gasteiger partial charge in [0.2, 0.25) is 5.95 Å². The van der Waals surface area contributed by atoms with Gasteiger partial charge in [-0.2, -0.15) is 5.10 Å². The molecule has 1 aliphatic rings. The number of nitrogens with zero attached hydrogens (tertiary/aromatic N) is 4. The zero-order chi connectivity index (χ0) is 13.9. The van der Waals surface area contributed by atoms with E-state index in [1.165, 1.54) is 6.20 Å². The number of carbonyl (C=O) groups is 1. The topological polar surface area (TPSA) is 80.2 Å². The molecule has 106 valence electrons. The average molecular weight is 267 g/mol. The van der Waals surface area contributed by atoms with Gasteiger partial charge >= 0.3 is 6.09 Å². The molecule has 2 rings (SSSR count). The van der Waals surface area contributed by atoms with E-state index in [-0.39, 0.29) is 13.6 Å². The summed E-state index contributed by atoms with van der Waals surface area (Å²) in [6.07, 6.45) is 3.61. The maximum absolute atomic E-state index is 11.7. The highest BCUT2D eigenvalue weighted by Crippen LogP contribution is 2.15. The molecule has 1 aromatic heterocycles. The summed E-state index contributed by atoms with van der Waals surface area (Å²) in [4.78, 5) is 17.8. The van der Waals surface area contributed by atoms with Crippen molar-refractivity contribution in [3.05, 3.63) is 12.4 Å². The minimum atomic E-state index is -0.477. The maximum Gasteiger partial charge on any atom is 0.407 e. The van der Waals surface area contributed by atoms with Gasteiger partial charge in [0.25, 0.3) is 0 Å². The molecule has 2 heterocycles. The van der Waals surface area contributed by atoms with Crippen LogP contribution in [-0.4, -0.2) is 46.0 Å². The number of amides is 1. The Balaban J connectivity index is 0.00000200. The van der Waals surface area contributed by atoms with Gasteiger partial charge in [0.15, 0.2) is 0 Å². The standard InChI is InChI=1S/C12H19N5O2.H2/c1-12(2,3)19-11(18)15-9-4-7-17(8-9)10-13-5-6-14-16-10;/h5-6,9H,4,7-8H2,1-3H3,(H,15,18);1H/t9-;/m1./s1. The molecule has 1 atom stereocenters. The fourth-order valence-electron chi connectivity index (χ4n) is 1.92. The summed E-state index contributed by atoms with van der Waals surface area (Å²) in [5.41, 5.74) is -0.477. The van der Waals surface area contributed by atoms with Gasteiger partial charge in [0.1, 0.15) is 5.60 Å². The first kappa shape index (κ1) is 13.5. The summed E-state index contributed by atoms with van der Waals surface area (Å²) in [6, 6.07) is 0.0543. The van der Waals surface area contributed by atoms with Gasteiger partial charge in [-0.05, 0) is 27.2 Å². The quantitative estimate of drug-likeness (QED) is 0.867. The van der Waals surface area contributed by atoms with E-state index in [0.717, 1.165) is 13.0 Å². The van der Waals surface area contributed by atoms with Crippen LogP contribution in [0, 0.1) is 0 Å². The van der Waals surface area contributed by atoms with E-state index in [0.29, 0.717) is 12.5 Å². The zero-order valence-corrected chi connectivity index (χ0v) is 11.5. The van der Waals surface area contributed by atoms with Gasteiger partial charge in [-0.1, -0.05) is 0 Å². The van der Waals surface area contributed by atoms with Crippen LogP contribution in [0.3, 0.4) is 0 Å². The molecule has 1 saturated heterocycles. The SMILES string of the molecule is CC(C)(C)OC(=O)N[C@@H]1CCN(c2nccnn2)C1.[HH]. The number of alkyl carbamates (subject to hydrolysis) is 1. The Kier molecular flexibility index (Phi) is 3.82. The molecule has 0 aliphatic carbocycles.